The van der Waals surface area contributed by atoms with Crippen LogP contribution < -0.4 is 0 Å². The summed E-state index contributed by atoms with van der Waals surface area (Å²) in [6.45, 7) is 3.04. The summed E-state index contributed by atoms with van der Waals surface area (Å²) in [5, 5.41) is 0. The molecule has 0 radical (unpaired) electrons. The van der Waals surface area contributed by atoms with Gasteiger partial charge in [-0.1, -0.05) is 25.5 Å². The number of rotatable bonds is 6. The Morgan fingerprint density at radius 1 is 1.44 bits per heavy atom. The first-order chi connectivity index (χ1) is 8.76. The molecule has 2 rings (SSSR count). The van der Waals surface area contributed by atoms with Crippen molar-refractivity contribution in [3.8, 4) is 0 Å². The number of carbonyl (C=O) groups excluding carboxylic acids is 1. The summed E-state index contributed by atoms with van der Waals surface area (Å²) in [5.74, 6) is 0.623. The number of hydrogen-bond acceptors (Lipinski definition) is 1. The van der Waals surface area contributed by atoms with Gasteiger partial charge in [-0.15, -0.1) is 11.6 Å². The highest BCUT2D eigenvalue weighted by molar-refractivity contribution is 6.17. The second-order valence-corrected chi connectivity index (χ2v) is 5.18. The molecule has 0 N–H and O–H groups in total. The number of amides is 1. The van der Waals surface area contributed by atoms with Gasteiger partial charge in [0, 0.05) is 24.0 Å². The highest BCUT2D eigenvalue weighted by Crippen LogP contribution is 2.28. The Kier molecular flexibility index (Phi) is 4.65. The molecule has 1 saturated carbocycles. The molecule has 0 bridgehead atoms. The first kappa shape index (κ1) is 13.4. The molecule has 98 valence electrons. The van der Waals surface area contributed by atoms with E-state index in [9.17, 15) is 4.79 Å². The number of carbonyl (C=O) groups is 1. The third kappa shape index (κ3) is 3.26. The number of unbranched alkanes of at least 4 members (excludes halogenated alkanes) is 1. The minimum Gasteiger partial charge on any atom is -0.336 e. The molecule has 1 aromatic rings. The summed E-state index contributed by atoms with van der Waals surface area (Å²) in [6.07, 6.45) is 4.52. The molecule has 0 saturated heterocycles. The lowest BCUT2D eigenvalue weighted by molar-refractivity contribution is 0.0740. The summed E-state index contributed by atoms with van der Waals surface area (Å²) >= 11 is 5.82. The van der Waals surface area contributed by atoms with Gasteiger partial charge in [-0.3, -0.25) is 4.79 Å². The molecular formula is C15H20ClNO. The Morgan fingerprint density at radius 3 is 2.83 bits per heavy atom. The van der Waals surface area contributed by atoms with Gasteiger partial charge in [-0.25, -0.2) is 0 Å². The molecule has 1 aliphatic rings. The van der Waals surface area contributed by atoms with Crippen LogP contribution in [0.25, 0.3) is 0 Å². The predicted octanol–water partition coefficient (Wildman–Crippen LogP) is 3.83. The van der Waals surface area contributed by atoms with Crippen molar-refractivity contribution in [2.75, 3.05) is 6.54 Å². The standard InChI is InChI=1S/C15H20ClNO/c1-2-3-9-17(14-7-8-14)15(18)13-6-4-5-12(10-13)11-16/h4-6,10,14H,2-3,7-9,11H2,1H3. The van der Waals surface area contributed by atoms with E-state index in [2.05, 4.69) is 6.92 Å². The van der Waals surface area contributed by atoms with Crippen LogP contribution >= 0.6 is 11.6 Å². The number of halogens is 1. The van der Waals surface area contributed by atoms with Crippen molar-refractivity contribution in [3.05, 3.63) is 35.4 Å². The smallest absolute Gasteiger partial charge is 0.254 e. The molecule has 0 aliphatic heterocycles. The van der Waals surface area contributed by atoms with E-state index >= 15 is 0 Å². The van der Waals surface area contributed by atoms with Crippen molar-refractivity contribution in [1.82, 2.24) is 4.90 Å². The second kappa shape index (κ2) is 6.24. The molecule has 0 unspecified atom stereocenters. The van der Waals surface area contributed by atoms with Crippen LogP contribution in [0.2, 0.25) is 0 Å². The quantitative estimate of drug-likeness (QED) is 0.716. The van der Waals surface area contributed by atoms with Crippen LogP contribution in [0.15, 0.2) is 24.3 Å². The van der Waals surface area contributed by atoms with E-state index in [-0.39, 0.29) is 5.91 Å². The van der Waals surface area contributed by atoms with Crippen LogP contribution in [-0.4, -0.2) is 23.4 Å². The third-order valence-electron chi connectivity index (χ3n) is 3.33. The van der Waals surface area contributed by atoms with E-state index in [0.29, 0.717) is 11.9 Å². The minimum atomic E-state index is 0.165. The van der Waals surface area contributed by atoms with E-state index < -0.39 is 0 Å². The van der Waals surface area contributed by atoms with Gasteiger partial charge in [0.2, 0.25) is 0 Å². The van der Waals surface area contributed by atoms with E-state index in [4.69, 9.17) is 11.6 Å². The minimum absolute atomic E-state index is 0.165. The first-order valence-corrected chi connectivity index (χ1v) is 7.25. The van der Waals surface area contributed by atoms with Crippen LogP contribution in [0.5, 0.6) is 0 Å². The second-order valence-electron chi connectivity index (χ2n) is 4.92. The fraction of sp³-hybridized carbons (Fsp3) is 0.533. The SMILES string of the molecule is CCCCN(C(=O)c1cccc(CCl)c1)C1CC1. The van der Waals surface area contributed by atoms with Crippen molar-refractivity contribution in [2.45, 2.75) is 44.5 Å². The number of alkyl halides is 1. The normalized spacial score (nSPS) is 14.6. The Bertz CT molecular complexity index is 415. The molecule has 1 fully saturated rings. The van der Waals surface area contributed by atoms with E-state index in [1.54, 1.807) is 0 Å². The van der Waals surface area contributed by atoms with E-state index in [1.807, 2.05) is 29.2 Å². The van der Waals surface area contributed by atoms with Gasteiger partial charge in [-0.2, -0.15) is 0 Å². The van der Waals surface area contributed by atoms with Gasteiger partial charge >= 0.3 is 0 Å². The van der Waals surface area contributed by atoms with Crippen molar-refractivity contribution in [1.29, 1.82) is 0 Å². The van der Waals surface area contributed by atoms with Crippen LogP contribution in [0.1, 0.15) is 48.5 Å². The van der Waals surface area contributed by atoms with Gasteiger partial charge in [0.05, 0.1) is 0 Å². The summed E-state index contributed by atoms with van der Waals surface area (Å²) in [4.78, 5) is 14.5. The van der Waals surface area contributed by atoms with Crippen LogP contribution in [0.3, 0.4) is 0 Å². The molecule has 1 aliphatic carbocycles. The molecule has 3 heteroatoms. The molecular weight excluding hydrogens is 246 g/mol. The molecule has 1 aromatic carbocycles. The van der Waals surface area contributed by atoms with Crippen molar-refractivity contribution in [3.63, 3.8) is 0 Å². The van der Waals surface area contributed by atoms with Crippen LogP contribution in [-0.2, 0) is 5.88 Å². The average Bonchev–Trinajstić information content (AvgIpc) is 3.23. The predicted molar refractivity (Wildman–Crippen MR) is 75.0 cm³/mol. The molecule has 18 heavy (non-hydrogen) atoms. The zero-order valence-electron chi connectivity index (χ0n) is 10.9. The van der Waals surface area contributed by atoms with Crippen molar-refractivity contribution in [2.24, 2.45) is 0 Å². The zero-order chi connectivity index (χ0) is 13.0. The first-order valence-electron chi connectivity index (χ1n) is 6.72. The van der Waals surface area contributed by atoms with E-state index in [1.165, 1.54) is 0 Å². The fourth-order valence-electron chi connectivity index (χ4n) is 2.12. The Morgan fingerprint density at radius 2 is 2.22 bits per heavy atom. The number of hydrogen-bond donors (Lipinski definition) is 0. The van der Waals surface area contributed by atoms with Gasteiger partial charge in [0.25, 0.3) is 5.91 Å². The molecule has 0 heterocycles. The molecule has 0 spiro atoms. The summed E-state index contributed by atoms with van der Waals surface area (Å²) < 4.78 is 0. The monoisotopic (exact) mass is 265 g/mol. The summed E-state index contributed by atoms with van der Waals surface area (Å²) in [5.41, 5.74) is 1.78. The highest BCUT2D eigenvalue weighted by atomic mass is 35.5. The van der Waals surface area contributed by atoms with Crippen molar-refractivity contribution < 1.29 is 4.79 Å². The zero-order valence-corrected chi connectivity index (χ0v) is 11.6. The number of nitrogens with zero attached hydrogens (tertiary/aromatic N) is 1. The molecule has 2 nitrogen and oxygen atoms in total. The third-order valence-corrected chi connectivity index (χ3v) is 3.64. The molecule has 0 atom stereocenters. The lowest BCUT2D eigenvalue weighted by Crippen LogP contribution is -2.34. The lowest BCUT2D eigenvalue weighted by Gasteiger charge is -2.22. The molecule has 1 amide bonds. The summed E-state index contributed by atoms with van der Waals surface area (Å²) in [6, 6.07) is 8.15. The Hall–Kier alpha value is -1.02. The maximum absolute atomic E-state index is 12.5. The average molecular weight is 266 g/mol. The maximum Gasteiger partial charge on any atom is 0.254 e. The van der Waals surface area contributed by atoms with Gasteiger partial charge < -0.3 is 4.90 Å². The van der Waals surface area contributed by atoms with E-state index in [0.717, 1.165) is 43.4 Å². The van der Waals surface area contributed by atoms with Gasteiger partial charge in [0.1, 0.15) is 0 Å². The maximum atomic E-state index is 12.5. The van der Waals surface area contributed by atoms with Crippen molar-refractivity contribution >= 4 is 17.5 Å². The van der Waals surface area contributed by atoms with Crippen LogP contribution in [0, 0.1) is 0 Å². The Labute approximate surface area is 114 Å². The van der Waals surface area contributed by atoms with Gasteiger partial charge in [0.15, 0.2) is 0 Å². The number of benzene rings is 1. The summed E-state index contributed by atoms with van der Waals surface area (Å²) in [7, 11) is 0. The molecule has 0 aromatic heterocycles. The topological polar surface area (TPSA) is 20.3 Å². The van der Waals surface area contributed by atoms with Crippen LogP contribution in [0.4, 0.5) is 0 Å². The lowest BCUT2D eigenvalue weighted by atomic mass is 10.1. The fourth-order valence-corrected chi connectivity index (χ4v) is 2.28. The highest BCUT2D eigenvalue weighted by Gasteiger charge is 2.32. The largest absolute Gasteiger partial charge is 0.336 e. The Balaban J connectivity index is 2.11. The van der Waals surface area contributed by atoms with Gasteiger partial charge in [-0.05, 0) is 37.0 Å².